The van der Waals surface area contributed by atoms with Crippen LogP contribution >= 0.6 is 11.3 Å². The van der Waals surface area contributed by atoms with Crippen molar-refractivity contribution in [1.29, 1.82) is 0 Å². The number of carbonyl (C=O) groups excluding carboxylic acids is 1. The molecule has 3 heterocycles. The minimum Gasteiger partial charge on any atom is -0.388 e. The summed E-state index contributed by atoms with van der Waals surface area (Å²) in [7, 11) is 0. The molecular weight excluding hydrogens is 383 g/mol. The fourth-order valence-electron chi connectivity index (χ4n) is 3.27. The average molecular weight is 403 g/mol. The number of hydrogen-bond acceptors (Lipinski definition) is 5. The van der Waals surface area contributed by atoms with Gasteiger partial charge in [-0.25, -0.2) is 9.18 Å². The van der Waals surface area contributed by atoms with Gasteiger partial charge in [-0.1, -0.05) is 0 Å². The molecule has 1 N–H and O–H groups in total. The van der Waals surface area contributed by atoms with E-state index in [9.17, 15) is 14.0 Å². The first-order chi connectivity index (χ1) is 13.6. The number of amides is 1. The van der Waals surface area contributed by atoms with Crippen molar-refractivity contribution < 1.29 is 18.5 Å². The summed E-state index contributed by atoms with van der Waals surface area (Å²) in [5.41, 5.74) is 1.80. The molecule has 28 heavy (non-hydrogen) atoms. The first-order valence-electron chi connectivity index (χ1n) is 9.05. The molecule has 1 amide bonds. The number of nitrogens with zero attached hydrogens (tertiary/aromatic N) is 3. The molecule has 3 aromatic rings. The maximum absolute atomic E-state index is 13.0. The third-order valence-corrected chi connectivity index (χ3v) is 5.57. The number of carbonyl (C=O) groups is 1. The van der Waals surface area contributed by atoms with Gasteiger partial charge in [0.2, 0.25) is 11.8 Å². The van der Waals surface area contributed by atoms with Gasteiger partial charge in [0.1, 0.15) is 18.9 Å². The van der Waals surface area contributed by atoms with Crippen molar-refractivity contribution in [2.24, 2.45) is 0 Å². The van der Waals surface area contributed by atoms with Crippen LogP contribution in [0, 0.1) is 5.82 Å². The second kappa shape index (κ2) is 8.07. The van der Waals surface area contributed by atoms with Gasteiger partial charge in [0, 0.05) is 11.1 Å². The molecule has 1 aliphatic heterocycles. The molecule has 146 valence electrons. The molecule has 2 aromatic heterocycles. The lowest BCUT2D eigenvalue weighted by molar-refractivity contribution is -0.917. The smallest absolute Gasteiger partial charge is 0.388 e. The van der Waals surface area contributed by atoms with Crippen molar-refractivity contribution in [1.82, 2.24) is 14.7 Å². The molecule has 0 bridgehead atoms. The van der Waals surface area contributed by atoms with E-state index in [1.165, 1.54) is 34.7 Å². The molecule has 1 aliphatic rings. The number of benzene rings is 1. The molecule has 0 spiro atoms. The summed E-state index contributed by atoms with van der Waals surface area (Å²) in [4.78, 5) is 27.8. The molecule has 0 atom stereocenters. The molecular formula is C19H20FN4O3S+. The van der Waals surface area contributed by atoms with Gasteiger partial charge < -0.3 is 14.2 Å². The third kappa shape index (κ3) is 4.20. The van der Waals surface area contributed by atoms with Crippen LogP contribution in [-0.4, -0.2) is 46.8 Å². The highest BCUT2D eigenvalue weighted by atomic mass is 32.1. The second-order valence-electron chi connectivity index (χ2n) is 6.78. The summed E-state index contributed by atoms with van der Waals surface area (Å²) in [5, 5.41) is 8.30. The molecule has 9 heteroatoms. The molecule has 0 saturated carbocycles. The zero-order valence-electron chi connectivity index (χ0n) is 15.1. The number of rotatable bonds is 5. The van der Waals surface area contributed by atoms with E-state index in [1.807, 2.05) is 0 Å². The Morgan fingerprint density at radius 2 is 1.96 bits per heavy atom. The summed E-state index contributed by atoms with van der Waals surface area (Å²) in [6.07, 6.45) is 0. The summed E-state index contributed by atoms with van der Waals surface area (Å²) >= 11 is 1.69. The molecule has 4 rings (SSSR count). The van der Waals surface area contributed by atoms with Crippen LogP contribution in [0.15, 0.2) is 50.3 Å². The predicted octanol–water partition coefficient (Wildman–Crippen LogP) is 0.631. The van der Waals surface area contributed by atoms with Gasteiger partial charge >= 0.3 is 5.76 Å². The largest absolute Gasteiger partial charge is 0.437 e. The lowest BCUT2D eigenvalue weighted by Crippen LogP contribution is -3.13. The van der Waals surface area contributed by atoms with Crippen LogP contribution in [0.2, 0.25) is 0 Å². The SMILES string of the molecule is O=C(Cn1nc(-c2ccc(F)cc2)oc1=O)N1CC[NH+](Cc2ccsc2)CC1. The van der Waals surface area contributed by atoms with Gasteiger partial charge in [0.05, 0.1) is 26.2 Å². The fourth-order valence-corrected chi connectivity index (χ4v) is 3.94. The first-order valence-corrected chi connectivity index (χ1v) is 9.99. The van der Waals surface area contributed by atoms with Crippen LogP contribution in [0.25, 0.3) is 11.5 Å². The molecule has 1 saturated heterocycles. The highest BCUT2D eigenvalue weighted by Gasteiger charge is 2.25. The lowest BCUT2D eigenvalue weighted by atomic mass is 10.2. The van der Waals surface area contributed by atoms with Crippen molar-refractivity contribution >= 4 is 17.2 Å². The number of aromatic nitrogens is 2. The second-order valence-corrected chi connectivity index (χ2v) is 7.56. The summed E-state index contributed by atoms with van der Waals surface area (Å²) < 4.78 is 19.2. The van der Waals surface area contributed by atoms with Crippen LogP contribution in [-0.2, 0) is 17.9 Å². The highest BCUT2D eigenvalue weighted by Crippen LogP contribution is 2.15. The summed E-state index contributed by atoms with van der Waals surface area (Å²) in [6, 6.07) is 7.60. The van der Waals surface area contributed by atoms with E-state index >= 15 is 0 Å². The number of halogens is 1. The van der Waals surface area contributed by atoms with Crippen LogP contribution in [0.3, 0.4) is 0 Å². The van der Waals surface area contributed by atoms with E-state index in [1.54, 1.807) is 16.2 Å². The topological polar surface area (TPSA) is 72.8 Å². The van der Waals surface area contributed by atoms with E-state index in [-0.39, 0.29) is 24.2 Å². The van der Waals surface area contributed by atoms with Crippen LogP contribution in [0.5, 0.6) is 0 Å². The Bertz CT molecular complexity index is 989. The molecule has 7 nitrogen and oxygen atoms in total. The van der Waals surface area contributed by atoms with E-state index in [4.69, 9.17) is 4.42 Å². The van der Waals surface area contributed by atoms with Crippen LogP contribution < -0.4 is 10.7 Å². The Balaban J connectivity index is 1.35. The van der Waals surface area contributed by atoms with Gasteiger partial charge in [-0.2, -0.15) is 16.0 Å². The maximum Gasteiger partial charge on any atom is 0.437 e. The number of nitrogens with one attached hydrogen (secondary N) is 1. The predicted molar refractivity (Wildman–Crippen MR) is 101 cm³/mol. The minimum absolute atomic E-state index is 0.0721. The average Bonchev–Trinajstić information content (AvgIpc) is 3.33. The van der Waals surface area contributed by atoms with Gasteiger partial charge in [0.15, 0.2) is 0 Å². The zero-order valence-corrected chi connectivity index (χ0v) is 16.0. The number of thiophene rings is 1. The first kappa shape index (κ1) is 18.6. The highest BCUT2D eigenvalue weighted by molar-refractivity contribution is 7.07. The van der Waals surface area contributed by atoms with Crippen LogP contribution in [0.1, 0.15) is 5.56 Å². The Labute approximate surface area is 164 Å². The van der Waals surface area contributed by atoms with E-state index in [0.717, 1.165) is 24.3 Å². The van der Waals surface area contributed by atoms with Crippen molar-refractivity contribution in [3.8, 4) is 11.5 Å². The Morgan fingerprint density at radius 1 is 1.21 bits per heavy atom. The van der Waals surface area contributed by atoms with Gasteiger partial charge in [-0.05, 0) is 41.1 Å². The standard InChI is InChI=1S/C19H19FN4O3S/c20-16-3-1-15(2-4-16)18-21-24(19(26)27-18)12-17(25)23-8-6-22(7-9-23)11-14-5-10-28-13-14/h1-5,10,13H,6-9,11-12H2/p+1. The lowest BCUT2D eigenvalue weighted by Gasteiger charge is -2.32. The fraction of sp³-hybridized carbons (Fsp3) is 0.316. The number of piperazine rings is 1. The molecule has 0 unspecified atom stereocenters. The van der Waals surface area contributed by atoms with Crippen LogP contribution in [0.4, 0.5) is 4.39 Å². The molecule has 0 radical (unpaired) electrons. The zero-order chi connectivity index (χ0) is 19.5. The number of hydrogen-bond donors (Lipinski definition) is 1. The van der Waals surface area contributed by atoms with Gasteiger partial charge in [-0.3, -0.25) is 4.79 Å². The Hall–Kier alpha value is -2.78. The van der Waals surface area contributed by atoms with Gasteiger partial charge in [0.25, 0.3) is 0 Å². The molecule has 1 aromatic carbocycles. The summed E-state index contributed by atoms with van der Waals surface area (Å²) in [6.45, 7) is 3.84. The van der Waals surface area contributed by atoms with Gasteiger partial charge in [-0.15, -0.1) is 5.10 Å². The van der Waals surface area contributed by atoms with E-state index < -0.39 is 5.76 Å². The third-order valence-electron chi connectivity index (χ3n) is 4.84. The van der Waals surface area contributed by atoms with E-state index in [0.29, 0.717) is 18.7 Å². The van der Waals surface area contributed by atoms with Crippen molar-refractivity contribution in [3.63, 3.8) is 0 Å². The van der Waals surface area contributed by atoms with Crippen molar-refractivity contribution in [2.75, 3.05) is 26.2 Å². The normalized spacial score (nSPS) is 15.1. The molecule has 0 aliphatic carbocycles. The number of quaternary nitrogens is 1. The molecule has 1 fully saturated rings. The Morgan fingerprint density at radius 3 is 2.64 bits per heavy atom. The quantitative estimate of drug-likeness (QED) is 0.678. The summed E-state index contributed by atoms with van der Waals surface area (Å²) in [5.74, 6) is -1.17. The van der Waals surface area contributed by atoms with E-state index in [2.05, 4.69) is 21.9 Å². The maximum atomic E-state index is 13.0. The van der Waals surface area contributed by atoms with Crippen molar-refractivity contribution in [2.45, 2.75) is 13.1 Å². The Kier molecular flexibility index (Phi) is 5.36. The van der Waals surface area contributed by atoms with Crippen molar-refractivity contribution in [3.05, 3.63) is 63.0 Å². The monoisotopic (exact) mass is 403 g/mol. The minimum atomic E-state index is -0.700.